The summed E-state index contributed by atoms with van der Waals surface area (Å²) in [6, 6.07) is 12.7. The fraction of sp³-hybridized carbons (Fsp3) is 0.308. The van der Waals surface area contributed by atoms with Crippen molar-refractivity contribution in [3.05, 3.63) is 70.1 Å². The smallest absolute Gasteiger partial charge is 0.248 e. The Morgan fingerprint density at radius 2 is 1.94 bits per heavy atom. The van der Waals surface area contributed by atoms with Gasteiger partial charge < -0.3 is 14.6 Å². The number of carbonyl (C=O) groups excluding carboxylic acids is 1. The van der Waals surface area contributed by atoms with Crippen LogP contribution in [0.4, 0.5) is 5.69 Å². The number of piperidine rings is 1. The maximum absolute atomic E-state index is 13.6. The Hall–Kier alpha value is -3.14. The van der Waals surface area contributed by atoms with E-state index in [-0.39, 0.29) is 28.8 Å². The van der Waals surface area contributed by atoms with Crippen molar-refractivity contribution in [2.75, 3.05) is 25.5 Å². The number of halogens is 1. The first-order chi connectivity index (χ1) is 17.2. The van der Waals surface area contributed by atoms with Gasteiger partial charge in [0.15, 0.2) is 10.7 Å². The van der Waals surface area contributed by atoms with Gasteiger partial charge in [-0.2, -0.15) is 4.31 Å². The van der Waals surface area contributed by atoms with Gasteiger partial charge in [0.25, 0.3) is 0 Å². The van der Waals surface area contributed by atoms with Crippen molar-refractivity contribution in [2.24, 2.45) is 5.92 Å². The molecule has 0 unspecified atom stereocenters. The van der Waals surface area contributed by atoms with E-state index < -0.39 is 15.9 Å². The summed E-state index contributed by atoms with van der Waals surface area (Å²) < 4.78 is 39.3. The van der Waals surface area contributed by atoms with Crippen LogP contribution in [0.3, 0.4) is 0 Å². The molecule has 1 atom stereocenters. The molecular formula is C26H28ClN3O5S. The topological polar surface area (TPSA) is 102 Å². The highest BCUT2D eigenvalue weighted by molar-refractivity contribution is 7.89. The molecule has 0 saturated carbocycles. The van der Waals surface area contributed by atoms with Crippen LogP contribution in [-0.2, 0) is 14.8 Å². The minimum Gasteiger partial charge on any atom is -0.495 e. The van der Waals surface area contributed by atoms with Crippen molar-refractivity contribution in [2.45, 2.75) is 31.6 Å². The van der Waals surface area contributed by atoms with Gasteiger partial charge in [0, 0.05) is 18.1 Å². The van der Waals surface area contributed by atoms with E-state index in [0.717, 1.165) is 11.1 Å². The van der Waals surface area contributed by atoms with Gasteiger partial charge in [0.2, 0.25) is 15.9 Å². The molecule has 4 rings (SSSR count). The van der Waals surface area contributed by atoms with Crippen LogP contribution in [0.1, 0.15) is 35.4 Å². The highest BCUT2D eigenvalue weighted by Crippen LogP contribution is 2.32. The van der Waals surface area contributed by atoms with Crippen LogP contribution >= 0.6 is 11.6 Å². The van der Waals surface area contributed by atoms with Gasteiger partial charge in [-0.15, -0.1) is 0 Å². The van der Waals surface area contributed by atoms with Crippen molar-refractivity contribution < 1.29 is 22.5 Å². The fourth-order valence-electron chi connectivity index (χ4n) is 4.16. The third-order valence-corrected chi connectivity index (χ3v) is 8.37. The third-order valence-electron chi connectivity index (χ3n) is 6.11. The van der Waals surface area contributed by atoms with Crippen molar-refractivity contribution in [1.82, 2.24) is 9.46 Å². The Morgan fingerprint density at radius 3 is 2.67 bits per heavy atom. The summed E-state index contributed by atoms with van der Waals surface area (Å²) in [6.07, 6.45) is 4.49. The van der Waals surface area contributed by atoms with Crippen LogP contribution < -0.4 is 10.1 Å². The van der Waals surface area contributed by atoms with Crippen LogP contribution in [0.15, 0.2) is 51.9 Å². The zero-order valence-corrected chi connectivity index (χ0v) is 21.9. The number of aryl methyl sites for hydroxylation is 2. The number of benzene rings is 2. The highest BCUT2D eigenvalue weighted by atomic mass is 35.5. The Kier molecular flexibility index (Phi) is 7.82. The van der Waals surface area contributed by atoms with Crippen LogP contribution in [0.25, 0.3) is 12.2 Å². The lowest BCUT2D eigenvalue weighted by Gasteiger charge is -2.31. The maximum Gasteiger partial charge on any atom is 0.248 e. The second-order valence-electron chi connectivity index (χ2n) is 8.74. The monoisotopic (exact) mass is 529 g/mol. The quantitative estimate of drug-likeness (QED) is 0.453. The second-order valence-corrected chi connectivity index (χ2v) is 11.1. The first-order valence-electron chi connectivity index (χ1n) is 11.5. The minimum atomic E-state index is -3.95. The molecular weight excluding hydrogens is 502 g/mol. The summed E-state index contributed by atoms with van der Waals surface area (Å²) in [7, 11) is -2.45. The molecule has 190 valence electrons. The highest BCUT2D eigenvalue weighted by Gasteiger charge is 2.37. The van der Waals surface area contributed by atoms with E-state index in [1.165, 1.54) is 11.4 Å². The van der Waals surface area contributed by atoms with Gasteiger partial charge in [-0.1, -0.05) is 52.7 Å². The number of hydrogen-bond donors (Lipinski definition) is 1. The molecule has 0 spiro atoms. The van der Waals surface area contributed by atoms with E-state index in [2.05, 4.69) is 10.5 Å². The average molecular weight is 530 g/mol. The number of nitrogens with one attached hydrogen (secondary N) is 1. The minimum absolute atomic E-state index is 0.0171. The molecule has 1 aliphatic rings. The van der Waals surface area contributed by atoms with Gasteiger partial charge in [-0.3, -0.25) is 4.79 Å². The second kappa shape index (κ2) is 10.9. The number of methoxy groups -OCH3 is 1. The molecule has 36 heavy (non-hydrogen) atoms. The number of hydrogen-bond acceptors (Lipinski definition) is 6. The SMILES string of the molecule is COc1ccc(Cl)cc1NC(=O)[C@@H]1CCCN(S(=O)(=O)c2c(C)noc2/C=C/c2ccc(C)cc2)C1. The van der Waals surface area contributed by atoms with Crippen molar-refractivity contribution >= 4 is 45.4 Å². The van der Waals surface area contributed by atoms with E-state index in [1.807, 2.05) is 31.2 Å². The first kappa shape index (κ1) is 25.9. The standard InChI is InChI=1S/C26H28ClN3O5S/c1-17-6-8-19(9-7-17)10-12-24-25(18(2)29-35-24)36(32,33)30-14-4-5-20(16-30)26(31)28-22-15-21(27)11-13-23(22)34-3/h6-13,15,20H,4-5,14,16H2,1-3H3,(H,28,31)/b12-10+/t20-/m1/s1. The molecule has 1 aromatic heterocycles. The van der Waals surface area contributed by atoms with E-state index in [9.17, 15) is 13.2 Å². The van der Waals surface area contributed by atoms with Crippen LogP contribution in [-0.4, -0.2) is 44.0 Å². The summed E-state index contributed by atoms with van der Waals surface area (Å²) in [5, 5.41) is 7.19. The largest absolute Gasteiger partial charge is 0.495 e. The molecule has 2 aromatic carbocycles. The van der Waals surface area contributed by atoms with E-state index in [1.54, 1.807) is 37.3 Å². The Balaban J connectivity index is 1.54. The molecule has 0 bridgehead atoms. The molecule has 0 radical (unpaired) electrons. The molecule has 0 aliphatic carbocycles. The number of nitrogens with zero attached hydrogens (tertiary/aromatic N) is 2. The van der Waals surface area contributed by atoms with E-state index in [4.69, 9.17) is 20.9 Å². The molecule has 3 aromatic rings. The number of sulfonamides is 1. The lowest BCUT2D eigenvalue weighted by Crippen LogP contribution is -2.43. The Bertz CT molecular complexity index is 1380. The summed E-state index contributed by atoms with van der Waals surface area (Å²) in [5.41, 5.74) is 2.75. The number of ether oxygens (including phenoxy) is 1. The van der Waals surface area contributed by atoms with Crippen LogP contribution in [0, 0.1) is 19.8 Å². The number of carbonyl (C=O) groups is 1. The number of rotatable bonds is 7. The molecule has 10 heteroatoms. The Morgan fingerprint density at radius 1 is 1.19 bits per heavy atom. The molecule has 1 fully saturated rings. The van der Waals surface area contributed by atoms with Crippen molar-refractivity contribution in [1.29, 1.82) is 0 Å². The van der Waals surface area contributed by atoms with Gasteiger partial charge in [-0.05, 0) is 56.5 Å². The van der Waals surface area contributed by atoms with E-state index in [0.29, 0.717) is 35.8 Å². The predicted molar refractivity (Wildman–Crippen MR) is 139 cm³/mol. The normalized spacial score (nSPS) is 16.8. The van der Waals surface area contributed by atoms with Crippen molar-refractivity contribution in [3.8, 4) is 5.75 Å². The third kappa shape index (κ3) is 5.64. The van der Waals surface area contributed by atoms with Gasteiger partial charge in [0.1, 0.15) is 11.4 Å². The molecule has 8 nitrogen and oxygen atoms in total. The van der Waals surface area contributed by atoms with Crippen LogP contribution in [0.5, 0.6) is 5.75 Å². The predicted octanol–water partition coefficient (Wildman–Crippen LogP) is 5.16. The van der Waals surface area contributed by atoms with Gasteiger partial charge in [-0.25, -0.2) is 8.42 Å². The van der Waals surface area contributed by atoms with Crippen molar-refractivity contribution in [3.63, 3.8) is 0 Å². The zero-order valence-electron chi connectivity index (χ0n) is 20.3. The number of anilines is 1. The first-order valence-corrected chi connectivity index (χ1v) is 13.4. The maximum atomic E-state index is 13.6. The number of amides is 1. The number of aromatic nitrogens is 1. The van der Waals surface area contributed by atoms with Gasteiger partial charge in [0.05, 0.1) is 18.7 Å². The summed E-state index contributed by atoms with van der Waals surface area (Å²) in [5.74, 6) is -0.206. The fourth-order valence-corrected chi connectivity index (χ4v) is 6.11. The summed E-state index contributed by atoms with van der Waals surface area (Å²) in [4.78, 5) is 13.1. The molecule has 2 heterocycles. The molecule has 1 N–H and O–H groups in total. The summed E-state index contributed by atoms with van der Waals surface area (Å²) in [6.45, 7) is 3.94. The lowest BCUT2D eigenvalue weighted by molar-refractivity contribution is -0.120. The Labute approximate surface area is 215 Å². The average Bonchev–Trinajstić information content (AvgIpc) is 3.25. The molecule has 1 amide bonds. The lowest BCUT2D eigenvalue weighted by atomic mass is 9.98. The van der Waals surface area contributed by atoms with Gasteiger partial charge >= 0.3 is 0 Å². The van der Waals surface area contributed by atoms with Crippen LogP contribution in [0.2, 0.25) is 5.02 Å². The van der Waals surface area contributed by atoms with E-state index >= 15 is 0 Å². The zero-order chi connectivity index (χ0) is 25.9. The molecule has 1 aliphatic heterocycles. The molecule has 1 saturated heterocycles. The summed E-state index contributed by atoms with van der Waals surface area (Å²) >= 11 is 6.07.